The summed E-state index contributed by atoms with van der Waals surface area (Å²) in [6, 6.07) is 5.53. The highest BCUT2D eigenvalue weighted by Gasteiger charge is 2.31. The summed E-state index contributed by atoms with van der Waals surface area (Å²) in [5, 5.41) is 0. The molecule has 8 heteroatoms. The van der Waals surface area contributed by atoms with Gasteiger partial charge in [0.1, 0.15) is 0 Å². The van der Waals surface area contributed by atoms with E-state index >= 15 is 0 Å². The summed E-state index contributed by atoms with van der Waals surface area (Å²) in [6.45, 7) is 7.52. The summed E-state index contributed by atoms with van der Waals surface area (Å²) in [7, 11) is 1.46. The Morgan fingerprint density at radius 3 is 1.83 bits per heavy atom. The van der Waals surface area contributed by atoms with Crippen LogP contribution in [0.2, 0.25) is 0 Å². The van der Waals surface area contributed by atoms with Crippen molar-refractivity contribution in [3.63, 3.8) is 0 Å². The van der Waals surface area contributed by atoms with Crippen LogP contribution in [0.15, 0.2) is 29.2 Å². The van der Waals surface area contributed by atoms with Gasteiger partial charge in [0.05, 0.1) is 4.90 Å². The third-order valence-electron chi connectivity index (χ3n) is 3.88. The molecule has 0 N–H and O–H groups in total. The molecule has 0 spiro atoms. The highest BCUT2D eigenvalue weighted by molar-refractivity contribution is 8.13. The number of benzene rings is 1. The molecule has 0 saturated carbocycles. The van der Waals surface area contributed by atoms with Crippen molar-refractivity contribution in [2.75, 3.05) is 26.2 Å². The van der Waals surface area contributed by atoms with E-state index in [0.29, 0.717) is 31.7 Å². The Bertz CT molecular complexity index is 730. The van der Waals surface area contributed by atoms with E-state index in [0.717, 1.165) is 0 Å². The predicted octanol–water partition coefficient (Wildman–Crippen LogP) is 1.94. The number of piperazine rings is 1. The van der Waals surface area contributed by atoms with Crippen molar-refractivity contribution < 1.29 is 18.0 Å². The van der Waals surface area contributed by atoms with Crippen LogP contribution in [-0.4, -0.2) is 56.2 Å². The third kappa shape index (κ3) is 4.27. The van der Waals surface area contributed by atoms with E-state index in [1.165, 1.54) is 24.3 Å². The van der Waals surface area contributed by atoms with E-state index in [1.54, 1.807) is 9.80 Å². The molecule has 1 heterocycles. The topological polar surface area (TPSA) is 74.8 Å². The van der Waals surface area contributed by atoms with Crippen molar-refractivity contribution in [2.45, 2.75) is 25.7 Å². The van der Waals surface area contributed by atoms with Crippen LogP contribution in [0.4, 0.5) is 0 Å². The average molecular weight is 373 g/mol. The zero-order valence-corrected chi connectivity index (χ0v) is 15.5. The van der Waals surface area contributed by atoms with E-state index in [1.807, 2.05) is 20.8 Å². The Morgan fingerprint density at radius 2 is 1.42 bits per heavy atom. The lowest BCUT2D eigenvalue weighted by molar-refractivity contribution is -0.140. The molecule has 1 aliphatic heterocycles. The first-order chi connectivity index (χ1) is 11.0. The van der Waals surface area contributed by atoms with Crippen molar-refractivity contribution in [1.29, 1.82) is 0 Å². The minimum Gasteiger partial charge on any atom is -0.339 e. The van der Waals surface area contributed by atoms with Gasteiger partial charge in [0.2, 0.25) is 5.91 Å². The monoisotopic (exact) mass is 372 g/mol. The molecular weight excluding hydrogens is 352 g/mol. The molecule has 6 nitrogen and oxygen atoms in total. The van der Waals surface area contributed by atoms with Gasteiger partial charge >= 0.3 is 0 Å². The van der Waals surface area contributed by atoms with Gasteiger partial charge < -0.3 is 9.80 Å². The van der Waals surface area contributed by atoms with Gasteiger partial charge in [-0.2, -0.15) is 0 Å². The zero-order valence-electron chi connectivity index (χ0n) is 14.0. The van der Waals surface area contributed by atoms with Crippen molar-refractivity contribution in [3.8, 4) is 0 Å². The second-order valence-corrected chi connectivity index (χ2v) is 9.36. The smallest absolute Gasteiger partial charge is 0.261 e. The summed E-state index contributed by atoms with van der Waals surface area (Å²) in [6.07, 6.45) is 0. The van der Waals surface area contributed by atoms with Gasteiger partial charge in [0, 0.05) is 47.8 Å². The maximum Gasteiger partial charge on any atom is 0.261 e. The SMILES string of the molecule is CC(C)(C)C(=O)N1CCN(C(=O)c2ccc(S(=O)(=O)Cl)cc2)CC1. The van der Waals surface area contributed by atoms with Gasteiger partial charge in [0.15, 0.2) is 0 Å². The molecule has 0 atom stereocenters. The zero-order chi connectivity index (χ0) is 18.1. The highest BCUT2D eigenvalue weighted by atomic mass is 35.7. The standard InChI is InChI=1S/C16H21ClN2O4S/c1-16(2,3)15(21)19-10-8-18(9-11-19)14(20)12-4-6-13(7-5-12)24(17,22)23/h4-7H,8-11H2,1-3H3. The maximum atomic E-state index is 12.5. The van der Waals surface area contributed by atoms with E-state index in [9.17, 15) is 18.0 Å². The summed E-state index contributed by atoms with van der Waals surface area (Å²) >= 11 is 0. The van der Waals surface area contributed by atoms with Gasteiger partial charge in [-0.05, 0) is 24.3 Å². The number of amides is 2. The molecule has 0 bridgehead atoms. The normalized spacial score (nSPS) is 16.2. The average Bonchev–Trinajstić information content (AvgIpc) is 2.52. The number of nitrogens with zero attached hydrogens (tertiary/aromatic N) is 2. The lowest BCUT2D eigenvalue weighted by atomic mass is 9.94. The van der Waals surface area contributed by atoms with Gasteiger partial charge in [-0.3, -0.25) is 9.59 Å². The Balaban J connectivity index is 2.02. The van der Waals surface area contributed by atoms with Crippen LogP contribution < -0.4 is 0 Å². The van der Waals surface area contributed by atoms with Crippen LogP contribution in [0, 0.1) is 5.41 Å². The molecule has 2 rings (SSSR count). The first-order valence-corrected chi connectivity index (χ1v) is 9.94. The molecule has 1 aromatic carbocycles. The van der Waals surface area contributed by atoms with Gasteiger partial charge in [0.25, 0.3) is 15.0 Å². The Kier molecular flexibility index (Phi) is 5.25. The minimum atomic E-state index is -3.80. The second kappa shape index (κ2) is 6.72. The van der Waals surface area contributed by atoms with Crippen LogP contribution in [0.3, 0.4) is 0 Å². The number of hydrogen-bond acceptors (Lipinski definition) is 4. The van der Waals surface area contributed by atoms with Gasteiger partial charge in [-0.15, -0.1) is 0 Å². The molecule has 1 fully saturated rings. The second-order valence-electron chi connectivity index (χ2n) is 6.80. The number of carbonyl (C=O) groups excluding carboxylic acids is 2. The molecule has 1 saturated heterocycles. The quantitative estimate of drug-likeness (QED) is 0.743. The summed E-state index contributed by atoms with van der Waals surface area (Å²) in [4.78, 5) is 28.1. The molecule has 0 aromatic heterocycles. The van der Waals surface area contributed by atoms with E-state index < -0.39 is 14.5 Å². The largest absolute Gasteiger partial charge is 0.339 e. The molecule has 132 valence electrons. The molecular formula is C16H21ClN2O4S. The lowest BCUT2D eigenvalue weighted by Gasteiger charge is -2.37. The fourth-order valence-electron chi connectivity index (χ4n) is 2.53. The minimum absolute atomic E-state index is 0.0405. The van der Waals surface area contributed by atoms with Crippen molar-refractivity contribution in [1.82, 2.24) is 9.80 Å². The summed E-state index contributed by atoms with van der Waals surface area (Å²) < 4.78 is 22.5. The van der Waals surface area contributed by atoms with Crippen LogP contribution in [0.1, 0.15) is 31.1 Å². The molecule has 1 aliphatic rings. The van der Waals surface area contributed by atoms with Crippen LogP contribution in [-0.2, 0) is 13.8 Å². The van der Waals surface area contributed by atoms with Crippen LogP contribution in [0.25, 0.3) is 0 Å². The molecule has 0 radical (unpaired) electrons. The van der Waals surface area contributed by atoms with E-state index in [2.05, 4.69) is 0 Å². The number of carbonyl (C=O) groups is 2. The molecule has 24 heavy (non-hydrogen) atoms. The van der Waals surface area contributed by atoms with Crippen molar-refractivity contribution in [2.24, 2.45) is 5.41 Å². The Labute approximate surface area is 146 Å². The van der Waals surface area contributed by atoms with Crippen LogP contribution >= 0.6 is 10.7 Å². The molecule has 0 aliphatic carbocycles. The first-order valence-electron chi connectivity index (χ1n) is 7.63. The Morgan fingerprint density at radius 1 is 0.958 bits per heavy atom. The lowest BCUT2D eigenvalue weighted by Crippen LogP contribution is -2.53. The van der Waals surface area contributed by atoms with Crippen LogP contribution in [0.5, 0.6) is 0 Å². The predicted molar refractivity (Wildman–Crippen MR) is 91.4 cm³/mol. The molecule has 0 unspecified atom stereocenters. The summed E-state index contributed by atoms with van der Waals surface area (Å²) in [5.74, 6) is -0.109. The summed E-state index contributed by atoms with van der Waals surface area (Å²) in [5.41, 5.74) is -0.0376. The van der Waals surface area contributed by atoms with Gasteiger partial charge in [-0.25, -0.2) is 8.42 Å². The van der Waals surface area contributed by atoms with E-state index in [4.69, 9.17) is 10.7 Å². The number of halogens is 1. The molecule has 2 amide bonds. The third-order valence-corrected chi connectivity index (χ3v) is 5.25. The fourth-order valence-corrected chi connectivity index (χ4v) is 3.30. The molecule has 1 aromatic rings. The number of hydrogen-bond donors (Lipinski definition) is 0. The van der Waals surface area contributed by atoms with E-state index in [-0.39, 0.29) is 16.7 Å². The fraction of sp³-hybridized carbons (Fsp3) is 0.500. The Hall–Kier alpha value is -1.60. The maximum absolute atomic E-state index is 12.5. The highest BCUT2D eigenvalue weighted by Crippen LogP contribution is 2.20. The van der Waals surface area contributed by atoms with Crippen molar-refractivity contribution >= 4 is 31.5 Å². The van der Waals surface area contributed by atoms with Crippen molar-refractivity contribution in [3.05, 3.63) is 29.8 Å². The number of rotatable bonds is 2. The van der Waals surface area contributed by atoms with Gasteiger partial charge in [-0.1, -0.05) is 20.8 Å². The first kappa shape index (κ1) is 18.7.